The minimum absolute atomic E-state index is 0. The third-order valence-electron chi connectivity index (χ3n) is 4.04. The van der Waals surface area contributed by atoms with Gasteiger partial charge in [0.15, 0.2) is 5.96 Å². The summed E-state index contributed by atoms with van der Waals surface area (Å²) in [5.41, 5.74) is 7.36. The Kier molecular flexibility index (Phi) is 9.27. The fourth-order valence-corrected chi connectivity index (χ4v) is 2.79. The van der Waals surface area contributed by atoms with Gasteiger partial charge in [-0.3, -0.25) is 4.99 Å². The lowest BCUT2D eigenvalue weighted by Crippen LogP contribution is -2.41. The van der Waals surface area contributed by atoms with E-state index >= 15 is 0 Å². The van der Waals surface area contributed by atoms with Gasteiger partial charge in [-0.1, -0.05) is 18.2 Å². The van der Waals surface area contributed by atoms with Gasteiger partial charge in [-0.2, -0.15) is 0 Å². The number of halogens is 1. The van der Waals surface area contributed by atoms with Crippen LogP contribution in [0.1, 0.15) is 32.6 Å². The van der Waals surface area contributed by atoms with Gasteiger partial charge in [0.2, 0.25) is 0 Å². The summed E-state index contributed by atoms with van der Waals surface area (Å²) >= 11 is 0. The van der Waals surface area contributed by atoms with Crippen molar-refractivity contribution in [3.63, 3.8) is 0 Å². The number of aliphatic imine (C=N–C) groups is 1. The quantitative estimate of drug-likeness (QED) is 0.335. The standard InChI is InChI=1S/C17H28N4.HI/c1-2-20(16-10-5-3-6-11-16)15-9-12-19-17(18)21-13-7-4-8-14-21;/h3,5-6,10-11H,2,4,7-9,12-15H2,1H3,(H2,18,19);1H. The van der Waals surface area contributed by atoms with Crippen molar-refractivity contribution in [1.29, 1.82) is 0 Å². The maximum atomic E-state index is 6.07. The number of para-hydroxylation sites is 1. The molecule has 1 aromatic rings. The molecule has 2 N–H and O–H groups in total. The molecule has 1 fully saturated rings. The highest BCUT2D eigenvalue weighted by molar-refractivity contribution is 14.0. The van der Waals surface area contributed by atoms with Crippen LogP contribution in [0.5, 0.6) is 0 Å². The van der Waals surface area contributed by atoms with Crippen LogP contribution in [0.4, 0.5) is 5.69 Å². The minimum Gasteiger partial charge on any atom is -0.372 e. The maximum absolute atomic E-state index is 6.07. The SMILES string of the molecule is CCN(CCCN=C(N)N1CCCCC1)c1ccccc1.I. The first-order chi connectivity index (χ1) is 10.3. The number of rotatable bonds is 6. The van der Waals surface area contributed by atoms with Crippen molar-refractivity contribution in [2.24, 2.45) is 10.7 Å². The fraction of sp³-hybridized carbons (Fsp3) is 0.588. The minimum atomic E-state index is 0. The lowest BCUT2D eigenvalue weighted by atomic mass is 10.1. The molecule has 22 heavy (non-hydrogen) atoms. The summed E-state index contributed by atoms with van der Waals surface area (Å²) in [5.74, 6) is 0.734. The maximum Gasteiger partial charge on any atom is 0.191 e. The highest BCUT2D eigenvalue weighted by atomic mass is 127. The second-order valence-corrected chi connectivity index (χ2v) is 5.56. The number of likely N-dealkylation sites (tertiary alicyclic amines) is 1. The lowest BCUT2D eigenvalue weighted by Gasteiger charge is -2.27. The second-order valence-electron chi connectivity index (χ2n) is 5.56. The Balaban J connectivity index is 0.00000242. The second kappa shape index (κ2) is 10.7. The molecule has 5 heteroatoms. The summed E-state index contributed by atoms with van der Waals surface area (Å²) < 4.78 is 0. The zero-order valence-electron chi connectivity index (χ0n) is 13.6. The van der Waals surface area contributed by atoms with Crippen molar-refractivity contribution in [3.05, 3.63) is 30.3 Å². The van der Waals surface area contributed by atoms with Crippen LogP contribution in [0, 0.1) is 0 Å². The first kappa shape index (κ1) is 19.1. The molecule has 1 aromatic carbocycles. The molecule has 1 aliphatic heterocycles. The normalized spacial score (nSPS) is 15.3. The van der Waals surface area contributed by atoms with Gasteiger partial charge >= 0.3 is 0 Å². The van der Waals surface area contributed by atoms with Crippen molar-refractivity contribution < 1.29 is 0 Å². The highest BCUT2D eigenvalue weighted by Crippen LogP contribution is 2.13. The van der Waals surface area contributed by atoms with Crippen LogP contribution in [-0.2, 0) is 0 Å². The Morgan fingerprint density at radius 3 is 2.50 bits per heavy atom. The fourth-order valence-electron chi connectivity index (χ4n) is 2.79. The van der Waals surface area contributed by atoms with E-state index in [0.29, 0.717) is 0 Å². The number of hydrogen-bond donors (Lipinski definition) is 1. The van der Waals surface area contributed by atoms with E-state index in [1.165, 1.54) is 24.9 Å². The van der Waals surface area contributed by atoms with Gasteiger partial charge in [-0.25, -0.2) is 0 Å². The molecule has 124 valence electrons. The monoisotopic (exact) mass is 416 g/mol. The molecule has 2 rings (SSSR count). The van der Waals surface area contributed by atoms with Crippen molar-refractivity contribution in [2.45, 2.75) is 32.6 Å². The zero-order valence-corrected chi connectivity index (χ0v) is 15.9. The number of piperidine rings is 1. The summed E-state index contributed by atoms with van der Waals surface area (Å²) in [7, 11) is 0. The molecule has 0 bridgehead atoms. The topological polar surface area (TPSA) is 44.9 Å². The van der Waals surface area contributed by atoms with Crippen LogP contribution in [-0.4, -0.2) is 43.6 Å². The third-order valence-corrected chi connectivity index (χ3v) is 4.04. The highest BCUT2D eigenvalue weighted by Gasteiger charge is 2.11. The molecule has 0 unspecified atom stereocenters. The first-order valence-corrected chi connectivity index (χ1v) is 8.16. The number of benzene rings is 1. The van der Waals surface area contributed by atoms with Gasteiger partial charge < -0.3 is 15.5 Å². The third kappa shape index (κ3) is 6.02. The first-order valence-electron chi connectivity index (χ1n) is 8.16. The summed E-state index contributed by atoms with van der Waals surface area (Å²) in [6.07, 6.45) is 4.85. The number of nitrogens with two attached hydrogens (primary N) is 1. The smallest absolute Gasteiger partial charge is 0.191 e. The molecule has 0 aromatic heterocycles. The van der Waals surface area contributed by atoms with Gasteiger partial charge in [0.05, 0.1) is 0 Å². The lowest BCUT2D eigenvalue weighted by molar-refractivity contribution is 0.338. The van der Waals surface area contributed by atoms with E-state index in [1.807, 2.05) is 0 Å². The average molecular weight is 416 g/mol. The van der Waals surface area contributed by atoms with Gasteiger partial charge in [0.1, 0.15) is 0 Å². The van der Waals surface area contributed by atoms with E-state index in [-0.39, 0.29) is 24.0 Å². The summed E-state index contributed by atoms with van der Waals surface area (Å²) in [4.78, 5) is 9.14. The Bertz CT molecular complexity index is 430. The number of anilines is 1. The Morgan fingerprint density at radius 2 is 1.86 bits per heavy atom. The van der Waals surface area contributed by atoms with Gasteiger partial charge in [0.25, 0.3) is 0 Å². The molecule has 1 saturated heterocycles. The van der Waals surface area contributed by atoms with Crippen LogP contribution >= 0.6 is 24.0 Å². The average Bonchev–Trinajstić information content (AvgIpc) is 2.56. The Labute approximate surface area is 151 Å². The summed E-state index contributed by atoms with van der Waals surface area (Å²) in [6.45, 7) is 7.19. The van der Waals surface area contributed by atoms with E-state index in [0.717, 1.165) is 45.1 Å². The molecule has 1 heterocycles. The van der Waals surface area contributed by atoms with Crippen LogP contribution < -0.4 is 10.6 Å². The molecule has 0 spiro atoms. The Hall–Kier alpha value is -0.980. The predicted octanol–water partition coefficient (Wildman–Crippen LogP) is 3.32. The molecule has 4 nitrogen and oxygen atoms in total. The summed E-state index contributed by atoms with van der Waals surface area (Å²) in [6, 6.07) is 10.6. The predicted molar refractivity (Wildman–Crippen MR) is 106 cm³/mol. The van der Waals surface area contributed by atoms with Gasteiger partial charge in [-0.05, 0) is 44.7 Å². The molecular formula is C17H29IN4. The van der Waals surface area contributed by atoms with Crippen molar-refractivity contribution >= 4 is 35.6 Å². The molecular weight excluding hydrogens is 387 g/mol. The van der Waals surface area contributed by atoms with E-state index in [2.05, 4.69) is 52.0 Å². The van der Waals surface area contributed by atoms with Gasteiger partial charge in [0, 0.05) is 38.4 Å². The molecule has 0 amide bonds. The van der Waals surface area contributed by atoms with E-state index in [9.17, 15) is 0 Å². The van der Waals surface area contributed by atoms with Crippen molar-refractivity contribution in [1.82, 2.24) is 4.90 Å². The van der Waals surface area contributed by atoms with E-state index < -0.39 is 0 Å². The van der Waals surface area contributed by atoms with Gasteiger partial charge in [-0.15, -0.1) is 24.0 Å². The Morgan fingerprint density at radius 1 is 1.18 bits per heavy atom. The molecule has 0 aliphatic carbocycles. The number of hydrogen-bond acceptors (Lipinski definition) is 2. The molecule has 0 saturated carbocycles. The number of nitrogens with zero attached hydrogens (tertiary/aromatic N) is 3. The molecule has 0 radical (unpaired) electrons. The van der Waals surface area contributed by atoms with Crippen LogP contribution in [0.25, 0.3) is 0 Å². The van der Waals surface area contributed by atoms with Crippen LogP contribution in [0.3, 0.4) is 0 Å². The number of guanidine groups is 1. The van der Waals surface area contributed by atoms with Crippen LogP contribution in [0.2, 0.25) is 0 Å². The van der Waals surface area contributed by atoms with Crippen LogP contribution in [0.15, 0.2) is 35.3 Å². The largest absolute Gasteiger partial charge is 0.372 e. The van der Waals surface area contributed by atoms with E-state index in [4.69, 9.17) is 5.73 Å². The zero-order chi connectivity index (χ0) is 14.9. The van der Waals surface area contributed by atoms with Crippen molar-refractivity contribution in [3.8, 4) is 0 Å². The van der Waals surface area contributed by atoms with E-state index in [1.54, 1.807) is 0 Å². The molecule has 1 aliphatic rings. The molecule has 0 atom stereocenters. The summed E-state index contributed by atoms with van der Waals surface area (Å²) in [5, 5.41) is 0. The van der Waals surface area contributed by atoms with Crippen molar-refractivity contribution in [2.75, 3.05) is 37.6 Å².